The first-order chi connectivity index (χ1) is 15.3. The highest BCUT2D eigenvalue weighted by Crippen LogP contribution is 2.16. The third kappa shape index (κ3) is 4.93. The second-order valence-corrected chi connectivity index (χ2v) is 7.55. The van der Waals surface area contributed by atoms with E-state index in [1.54, 1.807) is 44.2 Å². The largest absolute Gasteiger partial charge is 0.348 e. The maximum Gasteiger partial charge on any atom is 0.269 e. The normalized spacial score (nSPS) is 10.3. The van der Waals surface area contributed by atoms with E-state index in [-0.39, 0.29) is 18.0 Å². The van der Waals surface area contributed by atoms with Gasteiger partial charge in [-0.3, -0.25) is 14.4 Å². The fraction of sp³-hybridized carbons (Fsp3) is 0.200. The molecule has 0 aliphatic rings. The van der Waals surface area contributed by atoms with E-state index >= 15 is 0 Å². The predicted octanol–water partition coefficient (Wildman–Crippen LogP) is 3.21. The van der Waals surface area contributed by atoms with Gasteiger partial charge in [0.1, 0.15) is 18.2 Å². The van der Waals surface area contributed by atoms with E-state index in [0.717, 1.165) is 11.1 Å². The molecule has 0 saturated carbocycles. The molecular formula is C25H24N4O3. The van der Waals surface area contributed by atoms with Crippen molar-refractivity contribution in [1.29, 1.82) is 5.26 Å². The average Bonchev–Trinajstić information content (AvgIpc) is 2.76. The van der Waals surface area contributed by atoms with Gasteiger partial charge in [-0.25, -0.2) is 0 Å². The number of nitriles is 1. The summed E-state index contributed by atoms with van der Waals surface area (Å²) < 4.78 is 1.25. The number of aryl methyl sites for hydroxylation is 3. The number of pyridine rings is 1. The highest BCUT2D eigenvalue weighted by atomic mass is 16.2. The zero-order valence-corrected chi connectivity index (χ0v) is 18.2. The van der Waals surface area contributed by atoms with Crippen molar-refractivity contribution in [3.63, 3.8) is 0 Å². The molecule has 0 atom stereocenters. The third-order valence-electron chi connectivity index (χ3n) is 5.26. The van der Waals surface area contributed by atoms with Crippen LogP contribution in [0.25, 0.3) is 0 Å². The monoisotopic (exact) mass is 428 g/mol. The summed E-state index contributed by atoms with van der Waals surface area (Å²) in [6, 6.07) is 18.0. The predicted molar refractivity (Wildman–Crippen MR) is 122 cm³/mol. The summed E-state index contributed by atoms with van der Waals surface area (Å²) in [6.45, 7) is 5.46. The van der Waals surface area contributed by atoms with Crippen molar-refractivity contribution in [2.24, 2.45) is 0 Å². The third-order valence-corrected chi connectivity index (χ3v) is 5.26. The van der Waals surface area contributed by atoms with Crippen molar-refractivity contribution in [1.82, 2.24) is 9.88 Å². The SMILES string of the molecule is Cc1ccccc1CNC(=O)c1ccccc1NC(=O)Cn1c(C)cc(C)c(C#N)c1=O. The van der Waals surface area contributed by atoms with E-state index in [1.807, 2.05) is 37.3 Å². The molecule has 162 valence electrons. The molecule has 0 fully saturated rings. The molecule has 0 spiro atoms. The van der Waals surface area contributed by atoms with Crippen LogP contribution in [0.5, 0.6) is 0 Å². The van der Waals surface area contributed by atoms with Gasteiger partial charge in [-0.1, -0.05) is 36.4 Å². The molecule has 2 aromatic carbocycles. The Kier molecular flexibility index (Phi) is 6.86. The van der Waals surface area contributed by atoms with E-state index in [1.165, 1.54) is 4.57 Å². The Morgan fingerprint density at radius 2 is 1.69 bits per heavy atom. The Bertz CT molecular complexity index is 1290. The Balaban J connectivity index is 1.76. The van der Waals surface area contributed by atoms with E-state index in [0.29, 0.717) is 29.1 Å². The van der Waals surface area contributed by atoms with Gasteiger partial charge in [0, 0.05) is 12.2 Å². The highest BCUT2D eigenvalue weighted by Gasteiger charge is 2.16. The molecule has 3 aromatic rings. The van der Waals surface area contributed by atoms with Gasteiger partial charge in [-0.05, 0) is 55.7 Å². The van der Waals surface area contributed by atoms with Crippen molar-refractivity contribution in [3.8, 4) is 6.07 Å². The maximum atomic E-state index is 12.8. The molecule has 32 heavy (non-hydrogen) atoms. The number of nitrogens with one attached hydrogen (secondary N) is 2. The summed E-state index contributed by atoms with van der Waals surface area (Å²) >= 11 is 0. The molecule has 0 saturated heterocycles. The standard InChI is InChI=1S/C25H24N4O3/c1-16-8-4-5-9-19(16)14-27-24(31)20-10-6-7-11-22(20)28-23(30)15-29-18(3)12-17(2)21(13-26)25(29)32/h4-12H,14-15H2,1-3H3,(H,27,31)(H,28,30). The molecule has 0 unspecified atom stereocenters. The minimum Gasteiger partial charge on any atom is -0.348 e. The van der Waals surface area contributed by atoms with Gasteiger partial charge in [-0.15, -0.1) is 0 Å². The first kappa shape index (κ1) is 22.5. The quantitative estimate of drug-likeness (QED) is 0.629. The van der Waals surface area contributed by atoms with Crippen LogP contribution in [0.1, 0.15) is 38.3 Å². The van der Waals surface area contributed by atoms with Gasteiger partial charge in [0.25, 0.3) is 11.5 Å². The van der Waals surface area contributed by atoms with Crippen LogP contribution in [0.15, 0.2) is 59.4 Å². The minimum absolute atomic E-state index is 0.0133. The number of anilines is 1. The van der Waals surface area contributed by atoms with Gasteiger partial charge in [-0.2, -0.15) is 5.26 Å². The summed E-state index contributed by atoms with van der Waals surface area (Å²) in [5.74, 6) is -0.790. The fourth-order valence-electron chi connectivity index (χ4n) is 3.46. The van der Waals surface area contributed by atoms with Crippen molar-refractivity contribution in [3.05, 3.63) is 98.5 Å². The first-order valence-corrected chi connectivity index (χ1v) is 10.1. The Morgan fingerprint density at radius 3 is 2.41 bits per heavy atom. The van der Waals surface area contributed by atoms with Crippen LogP contribution in [0.4, 0.5) is 5.69 Å². The van der Waals surface area contributed by atoms with E-state index in [4.69, 9.17) is 0 Å². The molecule has 7 nitrogen and oxygen atoms in total. The van der Waals surface area contributed by atoms with Crippen molar-refractivity contribution >= 4 is 17.5 Å². The Labute approximate surface area is 186 Å². The van der Waals surface area contributed by atoms with Crippen LogP contribution < -0.4 is 16.2 Å². The van der Waals surface area contributed by atoms with E-state index < -0.39 is 11.5 Å². The average molecular weight is 428 g/mol. The van der Waals surface area contributed by atoms with Gasteiger partial charge in [0.15, 0.2) is 0 Å². The zero-order chi connectivity index (χ0) is 23.3. The van der Waals surface area contributed by atoms with E-state index in [9.17, 15) is 19.6 Å². The molecule has 3 rings (SSSR count). The Morgan fingerprint density at radius 1 is 1.00 bits per heavy atom. The highest BCUT2D eigenvalue weighted by molar-refractivity contribution is 6.03. The molecule has 2 N–H and O–H groups in total. The number of rotatable bonds is 6. The second-order valence-electron chi connectivity index (χ2n) is 7.55. The number of hydrogen-bond acceptors (Lipinski definition) is 4. The number of amides is 2. The molecule has 2 amide bonds. The van der Waals surface area contributed by atoms with E-state index in [2.05, 4.69) is 10.6 Å². The minimum atomic E-state index is -0.510. The van der Waals surface area contributed by atoms with Gasteiger partial charge in [0.05, 0.1) is 11.3 Å². The smallest absolute Gasteiger partial charge is 0.269 e. The van der Waals surface area contributed by atoms with Crippen LogP contribution in [0.3, 0.4) is 0 Å². The van der Waals surface area contributed by atoms with Gasteiger partial charge < -0.3 is 15.2 Å². The van der Waals surface area contributed by atoms with Gasteiger partial charge >= 0.3 is 0 Å². The maximum absolute atomic E-state index is 12.8. The van der Waals surface area contributed by atoms with Crippen LogP contribution in [0.2, 0.25) is 0 Å². The van der Waals surface area contributed by atoms with Crippen LogP contribution in [-0.2, 0) is 17.9 Å². The number of nitrogens with zero attached hydrogens (tertiary/aromatic N) is 2. The number of para-hydroxylation sites is 1. The Hall–Kier alpha value is -4.18. The molecule has 0 radical (unpaired) electrons. The summed E-state index contributed by atoms with van der Waals surface area (Å²) in [4.78, 5) is 38.0. The molecule has 1 heterocycles. The van der Waals surface area contributed by atoms with Crippen LogP contribution in [-0.4, -0.2) is 16.4 Å². The fourth-order valence-corrected chi connectivity index (χ4v) is 3.46. The lowest BCUT2D eigenvalue weighted by Gasteiger charge is -2.14. The molecule has 0 aliphatic carbocycles. The van der Waals surface area contributed by atoms with Crippen molar-refractivity contribution < 1.29 is 9.59 Å². The van der Waals surface area contributed by atoms with Crippen molar-refractivity contribution in [2.75, 3.05) is 5.32 Å². The molecule has 1 aromatic heterocycles. The molecule has 0 bridgehead atoms. The lowest BCUT2D eigenvalue weighted by Crippen LogP contribution is -2.32. The van der Waals surface area contributed by atoms with Crippen molar-refractivity contribution in [2.45, 2.75) is 33.9 Å². The summed E-state index contributed by atoms with van der Waals surface area (Å²) in [7, 11) is 0. The zero-order valence-electron chi connectivity index (χ0n) is 18.2. The lowest BCUT2D eigenvalue weighted by atomic mass is 10.1. The van der Waals surface area contributed by atoms with Crippen LogP contribution >= 0.6 is 0 Å². The summed E-state index contributed by atoms with van der Waals surface area (Å²) in [5, 5.41) is 14.8. The molecular weight excluding hydrogens is 404 g/mol. The summed E-state index contributed by atoms with van der Waals surface area (Å²) in [5.41, 5.74) is 3.39. The lowest BCUT2D eigenvalue weighted by molar-refractivity contribution is -0.116. The number of hydrogen-bond donors (Lipinski definition) is 2. The topological polar surface area (TPSA) is 104 Å². The summed E-state index contributed by atoms with van der Waals surface area (Å²) in [6.07, 6.45) is 0. The van der Waals surface area contributed by atoms with Crippen LogP contribution in [0, 0.1) is 32.1 Å². The molecule has 0 aliphatic heterocycles. The molecule has 7 heteroatoms. The first-order valence-electron chi connectivity index (χ1n) is 10.1. The van der Waals surface area contributed by atoms with Gasteiger partial charge in [0.2, 0.25) is 5.91 Å². The number of carbonyl (C=O) groups excluding carboxylic acids is 2. The number of carbonyl (C=O) groups is 2. The number of aromatic nitrogens is 1. The second kappa shape index (κ2) is 9.75. The number of benzene rings is 2.